The van der Waals surface area contributed by atoms with Gasteiger partial charge in [-0.05, 0) is 25.1 Å². The normalized spacial score (nSPS) is 24.5. The second kappa shape index (κ2) is 9.23. The lowest BCUT2D eigenvalue weighted by Crippen LogP contribution is -2.53. The standard InChI is InChI=1S/C21H19ClN8O4S2/c1-9-24-11-3-2-10(4-14(11)36-9)29-8-23-27-20(29)19-18(33)16(17(32)13(6-31)34-19)30-5-12(26-28-30)21-25-15(22)7-35-21/h2-5,7-8,13,16-19,31-33H,6H2,1H3/t13?,16-,17-,18?,19+/m0/s1. The molecule has 186 valence electrons. The van der Waals surface area contributed by atoms with Gasteiger partial charge in [0.25, 0.3) is 0 Å². The molecule has 4 aromatic heterocycles. The van der Waals surface area contributed by atoms with E-state index in [2.05, 4.69) is 30.5 Å². The fraction of sp³-hybridized carbons (Fsp3) is 0.333. The molecule has 2 unspecified atom stereocenters. The number of hydrogen-bond donors (Lipinski definition) is 3. The number of rotatable bonds is 5. The van der Waals surface area contributed by atoms with Crippen molar-refractivity contribution in [3.8, 4) is 16.4 Å². The first-order valence-corrected chi connectivity index (χ1v) is 12.9. The molecule has 3 N–H and O–H groups in total. The number of aromatic nitrogens is 8. The zero-order chi connectivity index (χ0) is 25.0. The number of halogens is 1. The molecular weight excluding hydrogens is 528 g/mol. The smallest absolute Gasteiger partial charge is 0.169 e. The lowest BCUT2D eigenvalue weighted by atomic mass is 9.92. The Morgan fingerprint density at radius 2 is 2.03 bits per heavy atom. The van der Waals surface area contributed by atoms with Crippen LogP contribution in [0.2, 0.25) is 5.15 Å². The lowest BCUT2D eigenvalue weighted by molar-refractivity contribution is -0.210. The highest BCUT2D eigenvalue weighted by Crippen LogP contribution is 2.38. The quantitative estimate of drug-likeness (QED) is 0.297. The molecule has 12 nitrogen and oxygen atoms in total. The molecule has 36 heavy (non-hydrogen) atoms. The summed E-state index contributed by atoms with van der Waals surface area (Å²) >= 11 is 8.79. The molecule has 0 radical (unpaired) electrons. The second-order valence-corrected chi connectivity index (χ2v) is 10.7. The summed E-state index contributed by atoms with van der Waals surface area (Å²) in [5.74, 6) is 0.311. The van der Waals surface area contributed by atoms with Crippen molar-refractivity contribution in [2.45, 2.75) is 37.4 Å². The molecular formula is C21H19ClN8O4S2. The molecule has 1 aliphatic heterocycles. The van der Waals surface area contributed by atoms with Crippen molar-refractivity contribution in [1.82, 2.24) is 39.7 Å². The maximum absolute atomic E-state index is 11.4. The Morgan fingerprint density at radius 3 is 2.81 bits per heavy atom. The van der Waals surface area contributed by atoms with E-state index in [0.29, 0.717) is 21.7 Å². The molecule has 1 aromatic carbocycles. The summed E-state index contributed by atoms with van der Waals surface area (Å²) < 4.78 is 9.98. The van der Waals surface area contributed by atoms with Crippen LogP contribution in [0, 0.1) is 6.92 Å². The lowest BCUT2D eigenvalue weighted by Gasteiger charge is -2.41. The largest absolute Gasteiger partial charge is 0.394 e. The van der Waals surface area contributed by atoms with Crippen molar-refractivity contribution >= 4 is 44.5 Å². The molecule has 1 fully saturated rings. The molecule has 6 rings (SSSR count). The number of ether oxygens (including phenoxy) is 1. The summed E-state index contributed by atoms with van der Waals surface area (Å²) in [4.78, 5) is 8.67. The Hall–Kier alpha value is -2.85. The molecule has 0 saturated carbocycles. The number of aliphatic hydroxyl groups excluding tert-OH is 3. The molecule has 5 aromatic rings. The van der Waals surface area contributed by atoms with Gasteiger partial charge in [0, 0.05) is 11.1 Å². The first-order valence-electron chi connectivity index (χ1n) is 10.9. The average molecular weight is 547 g/mol. The van der Waals surface area contributed by atoms with E-state index in [9.17, 15) is 15.3 Å². The molecule has 0 amide bonds. The van der Waals surface area contributed by atoms with E-state index >= 15 is 0 Å². The van der Waals surface area contributed by atoms with E-state index in [1.807, 2.05) is 25.1 Å². The number of aryl methyl sites for hydroxylation is 1. The van der Waals surface area contributed by atoms with Gasteiger partial charge in [-0.1, -0.05) is 16.8 Å². The van der Waals surface area contributed by atoms with Crippen molar-refractivity contribution in [3.63, 3.8) is 0 Å². The van der Waals surface area contributed by atoms with Crippen molar-refractivity contribution < 1.29 is 20.1 Å². The van der Waals surface area contributed by atoms with Crippen LogP contribution in [0.5, 0.6) is 0 Å². The van der Waals surface area contributed by atoms with E-state index in [1.54, 1.807) is 27.5 Å². The van der Waals surface area contributed by atoms with Gasteiger partial charge in [-0.15, -0.1) is 38.0 Å². The van der Waals surface area contributed by atoms with E-state index in [4.69, 9.17) is 16.3 Å². The van der Waals surface area contributed by atoms with Crippen LogP contribution in [0.25, 0.3) is 26.6 Å². The van der Waals surface area contributed by atoms with Crippen LogP contribution in [0.15, 0.2) is 36.1 Å². The van der Waals surface area contributed by atoms with Gasteiger partial charge in [0.1, 0.15) is 52.6 Å². The van der Waals surface area contributed by atoms with Gasteiger partial charge in [-0.25, -0.2) is 14.6 Å². The highest BCUT2D eigenvalue weighted by atomic mass is 35.5. The molecule has 0 bridgehead atoms. The van der Waals surface area contributed by atoms with Crippen molar-refractivity contribution in [3.05, 3.63) is 52.1 Å². The summed E-state index contributed by atoms with van der Waals surface area (Å²) in [6, 6.07) is 4.75. The molecule has 0 spiro atoms. The zero-order valence-electron chi connectivity index (χ0n) is 18.6. The third kappa shape index (κ3) is 4.00. The summed E-state index contributed by atoms with van der Waals surface area (Å²) in [5, 5.41) is 52.3. The van der Waals surface area contributed by atoms with Gasteiger partial charge in [-0.3, -0.25) is 4.57 Å². The number of benzene rings is 1. The highest BCUT2D eigenvalue weighted by Gasteiger charge is 2.48. The number of fused-ring (bicyclic) bond motifs is 1. The van der Waals surface area contributed by atoms with Crippen LogP contribution in [0.4, 0.5) is 0 Å². The maximum atomic E-state index is 11.4. The number of aliphatic hydroxyl groups is 3. The molecule has 15 heteroatoms. The van der Waals surface area contributed by atoms with Crippen LogP contribution >= 0.6 is 34.3 Å². The van der Waals surface area contributed by atoms with E-state index in [0.717, 1.165) is 20.9 Å². The minimum absolute atomic E-state index is 0.311. The number of nitrogens with zero attached hydrogens (tertiary/aromatic N) is 8. The fourth-order valence-electron chi connectivity index (χ4n) is 4.34. The molecule has 1 saturated heterocycles. The van der Waals surface area contributed by atoms with Crippen LogP contribution in [-0.2, 0) is 4.74 Å². The zero-order valence-corrected chi connectivity index (χ0v) is 21.0. The molecule has 5 heterocycles. The minimum Gasteiger partial charge on any atom is -0.394 e. The van der Waals surface area contributed by atoms with Gasteiger partial charge < -0.3 is 20.1 Å². The molecule has 0 aliphatic carbocycles. The van der Waals surface area contributed by atoms with Gasteiger partial charge in [0.15, 0.2) is 5.82 Å². The van der Waals surface area contributed by atoms with Crippen LogP contribution in [0.1, 0.15) is 23.0 Å². The Kier molecular flexibility index (Phi) is 6.03. The predicted molar refractivity (Wildman–Crippen MR) is 131 cm³/mol. The van der Waals surface area contributed by atoms with Crippen molar-refractivity contribution in [2.24, 2.45) is 0 Å². The summed E-state index contributed by atoms with van der Waals surface area (Å²) in [5.41, 5.74) is 2.08. The SMILES string of the molecule is Cc1nc2ccc(-n3cnnc3[C@@H]3OC(CO)[C@H](O)[C@H](n4cc(-c5nc(Cl)cs5)nn4)C3O)cc2s1. The first-order chi connectivity index (χ1) is 17.4. The highest BCUT2D eigenvalue weighted by molar-refractivity contribution is 7.18. The van der Waals surface area contributed by atoms with Crippen LogP contribution in [0.3, 0.4) is 0 Å². The van der Waals surface area contributed by atoms with Gasteiger partial charge >= 0.3 is 0 Å². The fourth-order valence-corrected chi connectivity index (χ4v) is 6.09. The van der Waals surface area contributed by atoms with Gasteiger partial charge in [-0.2, -0.15) is 0 Å². The average Bonchev–Trinajstić information content (AvgIpc) is 3.65. The second-order valence-electron chi connectivity index (χ2n) is 8.25. The maximum Gasteiger partial charge on any atom is 0.169 e. The van der Waals surface area contributed by atoms with Gasteiger partial charge in [0.2, 0.25) is 0 Å². The van der Waals surface area contributed by atoms with E-state index < -0.39 is 37.1 Å². The Morgan fingerprint density at radius 1 is 1.17 bits per heavy atom. The van der Waals surface area contributed by atoms with Crippen LogP contribution in [-0.4, -0.2) is 80.0 Å². The van der Waals surface area contributed by atoms with Crippen molar-refractivity contribution in [1.29, 1.82) is 0 Å². The van der Waals surface area contributed by atoms with Crippen molar-refractivity contribution in [2.75, 3.05) is 6.61 Å². The van der Waals surface area contributed by atoms with E-state index in [1.165, 1.54) is 22.3 Å². The molecule has 5 atom stereocenters. The first kappa shape index (κ1) is 23.5. The van der Waals surface area contributed by atoms with Gasteiger partial charge in [0.05, 0.1) is 28.0 Å². The third-order valence-corrected chi connectivity index (χ3v) is 8.11. The molecule has 1 aliphatic rings. The predicted octanol–water partition coefficient (Wildman–Crippen LogP) is 1.95. The number of hydrogen-bond acceptors (Lipinski definition) is 12. The monoisotopic (exact) mass is 546 g/mol. The topological polar surface area (TPSA) is 157 Å². The Labute approximate surface area is 216 Å². The summed E-state index contributed by atoms with van der Waals surface area (Å²) in [6.07, 6.45) is -1.53. The third-order valence-electron chi connectivity index (χ3n) is 5.99. The Balaban J connectivity index is 1.37. The van der Waals surface area contributed by atoms with E-state index in [-0.39, 0.29) is 0 Å². The summed E-state index contributed by atoms with van der Waals surface area (Å²) in [7, 11) is 0. The minimum atomic E-state index is -1.30. The Bertz CT molecular complexity index is 1530. The summed E-state index contributed by atoms with van der Waals surface area (Å²) in [6.45, 7) is 1.46. The van der Waals surface area contributed by atoms with Crippen LogP contribution < -0.4 is 0 Å². The number of thiazole rings is 2.